The van der Waals surface area contributed by atoms with Gasteiger partial charge in [-0.25, -0.2) is 14.8 Å². The summed E-state index contributed by atoms with van der Waals surface area (Å²) in [7, 11) is 7.20. The van der Waals surface area contributed by atoms with E-state index in [-0.39, 0.29) is 60.6 Å². The molecule has 3 rings (SSSR count). The number of carbonyl (C=O) groups is 2. The minimum absolute atomic E-state index is 0. The van der Waals surface area contributed by atoms with Crippen LogP contribution in [0.3, 0.4) is 0 Å². The molecule has 16 heteroatoms. The standard InChI is InChI=1S/C28H35F3N8O4.ClH/c1-6-43-23-13-19(15-35-26(23)41)24-33-16-22(17-34-24)39(10-9-38(4)5)27(42)36-21-12-18(11-20(14-21)28(29,30)31)25(40)32-7-8-37(2)3;/h11-17H,6-10H2,1-5H3,(H,32,40)(H,35,41)(H,36,42);1H. The number of rotatable bonds is 12. The Morgan fingerprint density at radius 2 is 1.64 bits per heavy atom. The van der Waals surface area contributed by atoms with Gasteiger partial charge in [-0.3, -0.25) is 14.5 Å². The van der Waals surface area contributed by atoms with Crippen LogP contribution in [-0.2, 0) is 6.18 Å². The van der Waals surface area contributed by atoms with Crippen LogP contribution in [0.15, 0.2) is 47.7 Å². The van der Waals surface area contributed by atoms with Gasteiger partial charge in [0.1, 0.15) is 0 Å². The predicted octanol–water partition coefficient (Wildman–Crippen LogP) is 3.56. The third kappa shape index (κ3) is 10.2. The topological polar surface area (TPSA) is 136 Å². The molecule has 0 radical (unpaired) electrons. The number of pyridine rings is 1. The second kappa shape index (κ2) is 16.0. The van der Waals surface area contributed by atoms with E-state index in [0.29, 0.717) is 18.7 Å². The molecule has 2 aromatic heterocycles. The van der Waals surface area contributed by atoms with Crippen LogP contribution in [0.25, 0.3) is 11.4 Å². The number of ether oxygens (including phenoxy) is 1. The Morgan fingerprint density at radius 3 is 2.23 bits per heavy atom. The Kier molecular flexibility index (Phi) is 13.1. The van der Waals surface area contributed by atoms with Gasteiger partial charge in [0.05, 0.1) is 30.3 Å². The van der Waals surface area contributed by atoms with Crippen LogP contribution in [0.5, 0.6) is 5.75 Å². The lowest BCUT2D eigenvalue weighted by molar-refractivity contribution is -0.137. The van der Waals surface area contributed by atoms with Crippen LogP contribution >= 0.6 is 12.4 Å². The van der Waals surface area contributed by atoms with Crippen LogP contribution < -0.4 is 25.8 Å². The van der Waals surface area contributed by atoms with Gasteiger partial charge in [0.15, 0.2) is 11.6 Å². The summed E-state index contributed by atoms with van der Waals surface area (Å²) in [5.41, 5.74) is -1.20. The van der Waals surface area contributed by atoms with Crippen LogP contribution in [-0.4, -0.2) is 97.7 Å². The zero-order valence-corrected chi connectivity index (χ0v) is 25.8. The van der Waals surface area contributed by atoms with Crippen molar-refractivity contribution < 1.29 is 27.5 Å². The SMILES string of the molecule is CCOc1cc(-c2ncc(N(CCN(C)C)C(=O)Nc3cc(C(=O)NCCN(C)C)cc(C(F)(F)F)c3)cn2)c[nH]c1=O.Cl. The van der Waals surface area contributed by atoms with E-state index >= 15 is 0 Å². The summed E-state index contributed by atoms with van der Waals surface area (Å²) in [4.78, 5) is 54.1. The van der Waals surface area contributed by atoms with Gasteiger partial charge in [0.25, 0.3) is 11.5 Å². The molecule has 3 aromatic rings. The molecule has 0 bridgehead atoms. The van der Waals surface area contributed by atoms with E-state index < -0.39 is 29.2 Å². The number of likely N-dealkylation sites (N-methyl/N-ethyl adjacent to an activating group) is 2. The van der Waals surface area contributed by atoms with Crippen molar-refractivity contribution in [2.45, 2.75) is 13.1 Å². The molecule has 0 aliphatic carbocycles. The normalized spacial score (nSPS) is 11.2. The van der Waals surface area contributed by atoms with E-state index in [1.165, 1.54) is 35.6 Å². The molecular formula is C28H36ClF3N8O4. The van der Waals surface area contributed by atoms with Gasteiger partial charge in [-0.15, -0.1) is 12.4 Å². The van der Waals surface area contributed by atoms with Gasteiger partial charge in [-0.05, 0) is 59.4 Å². The number of aromatic amines is 1. The Hall–Kier alpha value is -4.21. The van der Waals surface area contributed by atoms with E-state index in [4.69, 9.17) is 4.74 Å². The highest BCUT2D eigenvalue weighted by Crippen LogP contribution is 2.32. The zero-order valence-electron chi connectivity index (χ0n) is 25.0. The van der Waals surface area contributed by atoms with E-state index in [0.717, 1.165) is 12.1 Å². The second-order valence-electron chi connectivity index (χ2n) is 10.0. The molecular weight excluding hydrogens is 605 g/mol. The molecule has 12 nitrogen and oxygen atoms in total. The summed E-state index contributed by atoms with van der Waals surface area (Å²) < 4.78 is 46.4. The van der Waals surface area contributed by atoms with Crippen LogP contribution in [0.1, 0.15) is 22.8 Å². The number of hydrogen-bond donors (Lipinski definition) is 3. The van der Waals surface area contributed by atoms with Gasteiger partial charge < -0.3 is 30.2 Å². The van der Waals surface area contributed by atoms with Crippen molar-refractivity contribution in [2.24, 2.45) is 0 Å². The average Bonchev–Trinajstić information content (AvgIpc) is 2.94. The lowest BCUT2D eigenvalue weighted by Crippen LogP contribution is -2.40. The first-order valence-electron chi connectivity index (χ1n) is 13.3. The Balaban J connectivity index is 0.00000675. The third-order valence-corrected chi connectivity index (χ3v) is 6.01. The Bertz CT molecular complexity index is 1470. The van der Waals surface area contributed by atoms with Crippen molar-refractivity contribution in [3.63, 3.8) is 0 Å². The molecule has 0 atom stereocenters. The second-order valence-corrected chi connectivity index (χ2v) is 10.0. The monoisotopic (exact) mass is 640 g/mol. The average molecular weight is 641 g/mol. The number of halogens is 4. The maximum Gasteiger partial charge on any atom is 0.416 e. The Labute approximate surface area is 259 Å². The summed E-state index contributed by atoms with van der Waals surface area (Å²) in [5.74, 6) is -0.352. The summed E-state index contributed by atoms with van der Waals surface area (Å²) >= 11 is 0. The molecule has 0 fully saturated rings. The van der Waals surface area contributed by atoms with E-state index in [2.05, 4.69) is 25.6 Å². The van der Waals surface area contributed by atoms with Crippen molar-refractivity contribution in [3.05, 3.63) is 64.3 Å². The maximum absolute atomic E-state index is 13.7. The van der Waals surface area contributed by atoms with Crippen molar-refractivity contribution in [1.82, 2.24) is 30.1 Å². The third-order valence-electron chi connectivity index (χ3n) is 6.01. The fourth-order valence-corrected chi connectivity index (χ4v) is 3.79. The smallest absolute Gasteiger partial charge is 0.416 e. The number of nitrogens with zero attached hydrogens (tertiary/aromatic N) is 5. The number of benzene rings is 1. The number of nitrogens with one attached hydrogen (secondary N) is 3. The summed E-state index contributed by atoms with van der Waals surface area (Å²) in [6.07, 6.45) is -0.548. The first-order valence-corrected chi connectivity index (χ1v) is 13.3. The highest BCUT2D eigenvalue weighted by molar-refractivity contribution is 6.03. The molecule has 240 valence electrons. The fraction of sp³-hybridized carbons (Fsp3) is 0.393. The van der Waals surface area contributed by atoms with Crippen molar-refractivity contribution >= 4 is 35.7 Å². The number of hydrogen-bond acceptors (Lipinski definition) is 8. The molecule has 3 amide bonds. The number of amides is 3. The largest absolute Gasteiger partial charge is 0.488 e. The number of aromatic nitrogens is 3. The van der Waals surface area contributed by atoms with Gasteiger partial charge in [-0.2, -0.15) is 13.2 Å². The molecule has 0 unspecified atom stereocenters. The molecule has 0 saturated heterocycles. The van der Waals surface area contributed by atoms with Crippen molar-refractivity contribution in [1.29, 1.82) is 0 Å². The molecule has 0 saturated carbocycles. The van der Waals surface area contributed by atoms with Gasteiger partial charge in [0, 0.05) is 49.2 Å². The zero-order chi connectivity index (χ0) is 31.7. The number of alkyl halides is 3. The highest BCUT2D eigenvalue weighted by Gasteiger charge is 2.32. The Morgan fingerprint density at radius 1 is 0.977 bits per heavy atom. The quantitative estimate of drug-likeness (QED) is 0.274. The van der Waals surface area contributed by atoms with Crippen LogP contribution in [0, 0.1) is 0 Å². The first kappa shape index (κ1) is 36.0. The van der Waals surface area contributed by atoms with Gasteiger partial charge in [-0.1, -0.05) is 0 Å². The number of carbonyl (C=O) groups excluding carboxylic acids is 2. The molecule has 2 heterocycles. The molecule has 0 aliphatic rings. The van der Waals surface area contributed by atoms with E-state index in [9.17, 15) is 27.6 Å². The molecule has 1 aromatic carbocycles. The minimum atomic E-state index is -4.75. The van der Waals surface area contributed by atoms with E-state index in [1.54, 1.807) is 35.1 Å². The summed E-state index contributed by atoms with van der Waals surface area (Å²) in [5, 5.41) is 5.07. The van der Waals surface area contributed by atoms with Gasteiger partial charge in [0.2, 0.25) is 0 Å². The number of urea groups is 1. The molecule has 0 aliphatic heterocycles. The maximum atomic E-state index is 13.7. The molecule has 44 heavy (non-hydrogen) atoms. The van der Waals surface area contributed by atoms with Gasteiger partial charge >= 0.3 is 12.2 Å². The summed E-state index contributed by atoms with van der Waals surface area (Å²) in [6, 6.07) is 3.44. The van der Waals surface area contributed by atoms with E-state index in [1.807, 2.05) is 9.80 Å². The first-order chi connectivity index (χ1) is 20.3. The lowest BCUT2D eigenvalue weighted by Gasteiger charge is -2.25. The molecule has 0 spiro atoms. The number of anilines is 2. The highest BCUT2D eigenvalue weighted by atomic mass is 35.5. The molecule has 3 N–H and O–H groups in total. The van der Waals surface area contributed by atoms with Crippen molar-refractivity contribution in [3.8, 4) is 17.1 Å². The lowest BCUT2D eigenvalue weighted by atomic mass is 10.1. The number of H-pyrrole nitrogens is 1. The predicted molar refractivity (Wildman–Crippen MR) is 164 cm³/mol. The van der Waals surface area contributed by atoms with Crippen LogP contribution in [0.4, 0.5) is 29.3 Å². The summed E-state index contributed by atoms with van der Waals surface area (Å²) in [6.45, 7) is 3.30. The van der Waals surface area contributed by atoms with Crippen molar-refractivity contribution in [2.75, 3.05) is 71.2 Å². The fourth-order valence-electron chi connectivity index (χ4n) is 3.79. The van der Waals surface area contributed by atoms with Crippen LogP contribution in [0.2, 0.25) is 0 Å². The minimum Gasteiger partial charge on any atom is -0.488 e.